The molecule has 1 atom stereocenters. The molecule has 3 rings (SSSR count). The minimum absolute atomic E-state index is 0. The van der Waals surface area contributed by atoms with Gasteiger partial charge in [-0.2, -0.15) is 0 Å². The second-order valence-electron chi connectivity index (χ2n) is 11.0. The van der Waals surface area contributed by atoms with Crippen molar-refractivity contribution < 1.29 is 64.4 Å². The molecule has 2 aromatic carbocycles. The summed E-state index contributed by atoms with van der Waals surface area (Å²) in [6.45, 7) is 2.95. The van der Waals surface area contributed by atoms with E-state index >= 15 is 0 Å². The number of unbranched alkanes of at least 4 members (excludes halogenated alkanes) is 15. The SMILES string of the molecule is CCCCCCCCCCCCCCCCCCC1Nc2ccc(S(=O)(=O)[O-])cc2N1Cc1ccccc1.[K+]. The Morgan fingerprint density at radius 2 is 1.26 bits per heavy atom. The first-order valence-corrected chi connectivity index (χ1v) is 16.6. The number of nitrogens with zero attached hydrogens (tertiary/aromatic N) is 1. The molecule has 212 valence electrons. The van der Waals surface area contributed by atoms with E-state index in [1.807, 2.05) is 18.2 Å². The van der Waals surface area contributed by atoms with Crippen molar-refractivity contribution in [3.8, 4) is 0 Å². The molecule has 1 N–H and O–H groups in total. The third kappa shape index (κ3) is 13.0. The quantitative estimate of drug-likeness (QED) is 0.118. The summed E-state index contributed by atoms with van der Waals surface area (Å²) < 4.78 is 34.9. The molecule has 0 aromatic heterocycles. The van der Waals surface area contributed by atoms with Gasteiger partial charge in [0, 0.05) is 6.54 Å². The summed E-state index contributed by atoms with van der Waals surface area (Å²) >= 11 is 0. The maximum absolute atomic E-state index is 11.6. The molecule has 0 saturated carbocycles. The fraction of sp³-hybridized carbons (Fsp3) is 0.625. The minimum Gasteiger partial charge on any atom is -0.744 e. The molecule has 0 spiro atoms. The monoisotopic (exact) mass is 580 g/mol. The van der Waals surface area contributed by atoms with Crippen molar-refractivity contribution in [1.29, 1.82) is 0 Å². The van der Waals surface area contributed by atoms with Crippen LogP contribution in [0.1, 0.15) is 122 Å². The number of hydrogen-bond donors (Lipinski definition) is 1. The first-order valence-electron chi connectivity index (χ1n) is 15.2. The van der Waals surface area contributed by atoms with Crippen LogP contribution in [-0.2, 0) is 16.7 Å². The molecular weight excluding hydrogens is 532 g/mol. The van der Waals surface area contributed by atoms with Gasteiger partial charge in [-0.25, -0.2) is 8.42 Å². The van der Waals surface area contributed by atoms with Gasteiger partial charge in [0.1, 0.15) is 10.1 Å². The van der Waals surface area contributed by atoms with Crippen LogP contribution in [0, 0.1) is 0 Å². The third-order valence-electron chi connectivity index (χ3n) is 7.79. The van der Waals surface area contributed by atoms with Crippen LogP contribution >= 0.6 is 0 Å². The molecule has 2 aromatic rings. The Morgan fingerprint density at radius 3 is 1.77 bits per heavy atom. The molecule has 1 unspecified atom stereocenters. The summed E-state index contributed by atoms with van der Waals surface area (Å²) in [5.41, 5.74) is 2.86. The molecule has 7 heteroatoms. The van der Waals surface area contributed by atoms with Gasteiger partial charge in [0.05, 0.1) is 22.4 Å². The van der Waals surface area contributed by atoms with E-state index in [0.717, 1.165) is 29.8 Å². The van der Waals surface area contributed by atoms with Gasteiger partial charge in [-0.15, -0.1) is 0 Å². The molecule has 1 aliphatic rings. The van der Waals surface area contributed by atoms with Crippen molar-refractivity contribution in [2.24, 2.45) is 0 Å². The van der Waals surface area contributed by atoms with Crippen LogP contribution in [0.2, 0.25) is 0 Å². The van der Waals surface area contributed by atoms with Gasteiger partial charge in [0.15, 0.2) is 0 Å². The number of anilines is 2. The second kappa shape index (κ2) is 19.7. The zero-order chi connectivity index (χ0) is 27.1. The molecular formula is C32H49KN2O3S. The molecule has 1 aliphatic heterocycles. The Labute approximate surface area is 281 Å². The van der Waals surface area contributed by atoms with Crippen LogP contribution in [0.5, 0.6) is 0 Å². The van der Waals surface area contributed by atoms with Gasteiger partial charge in [-0.1, -0.05) is 134 Å². The summed E-state index contributed by atoms with van der Waals surface area (Å²) in [4.78, 5) is 2.05. The molecule has 0 radical (unpaired) electrons. The zero-order valence-electron chi connectivity index (χ0n) is 24.5. The largest absolute Gasteiger partial charge is 1.00 e. The van der Waals surface area contributed by atoms with Crippen molar-refractivity contribution in [3.05, 3.63) is 54.1 Å². The fourth-order valence-electron chi connectivity index (χ4n) is 5.54. The van der Waals surface area contributed by atoms with Crippen LogP contribution in [0.4, 0.5) is 11.4 Å². The summed E-state index contributed by atoms with van der Waals surface area (Å²) in [6, 6.07) is 14.9. The smallest absolute Gasteiger partial charge is 0.744 e. The Morgan fingerprint density at radius 1 is 0.744 bits per heavy atom. The molecule has 0 amide bonds. The van der Waals surface area contributed by atoms with Crippen molar-refractivity contribution in [3.63, 3.8) is 0 Å². The van der Waals surface area contributed by atoms with Crippen LogP contribution < -0.4 is 61.6 Å². The van der Waals surface area contributed by atoms with Crippen LogP contribution in [0.25, 0.3) is 0 Å². The van der Waals surface area contributed by atoms with Crippen molar-refractivity contribution in [2.45, 2.75) is 134 Å². The second-order valence-corrected chi connectivity index (χ2v) is 12.4. The Balaban J connectivity index is 0.00000533. The van der Waals surface area contributed by atoms with Crippen LogP contribution in [0.3, 0.4) is 0 Å². The van der Waals surface area contributed by atoms with Gasteiger partial charge in [0.2, 0.25) is 0 Å². The molecule has 0 fully saturated rings. The number of fused-ring (bicyclic) bond motifs is 1. The summed E-state index contributed by atoms with van der Waals surface area (Å²) in [5.74, 6) is 0. The molecule has 5 nitrogen and oxygen atoms in total. The molecule has 39 heavy (non-hydrogen) atoms. The normalized spacial score (nSPS) is 14.6. The Hall–Kier alpha value is -0.414. The van der Waals surface area contributed by atoms with Gasteiger partial charge in [0.25, 0.3) is 0 Å². The number of hydrogen-bond acceptors (Lipinski definition) is 5. The van der Waals surface area contributed by atoms with E-state index in [1.54, 1.807) is 6.07 Å². The van der Waals surface area contributed by atoms with Crippen molar-refractivity contribution in [2.75, 3.05) is 10.2 Å². The summed E-state index contributed by atoms with van der Waals surface area (Å²) in [6.07, 6.45) is 22.8. The van der Waals surface area contributed by atoms with Gasteiger partial charge in [-0.3, -0.25) is 0 Å². The average molecular weight is 581 g/mol. The van der Waals surface area contributed by atoms with Crippen LogP contribution in [-0.4, -0.2) is 19.1 Å². The van der Waals surface area contributed by atoms with Gasteiger partial charge >= 0.3 is 51.4 Å². The van der Waals surface area contributed by atoms with Crippen LogP contribution in [0.15, 0.2) is 53.4 Å². The predicted octanol–water partition coefficient (Wildman–Crippen LogP) is 6.00. The maximum atomic E-state index is 11.6. The fourth-order valence-corrected chi connectivity index (χ4v) is 6.03. The standard InChI is InChI=1S/C32H50N2O3S.K/c1-2-3-4-5-6-7-8-9-10-11-12-13-14-15-16-20-23-32-33-30-25-24-29(38(35,36)37)26-31(30)34(32)27-28-21-18-17-19-22-28;/h17-19,21-22,24-26,32-33H,2-16,20,23,27H2,1H3,(H,35,36,37);/q;+1/p-1. The molecule has 1 heterocycles. The van der Waals surface area contributed by atoms with E-state index < -0.39 is 10.1 Å². The predicted molar refractivity (Wildman–Crippen MR) is 159 cm³/mol. The van der Waals surface area contributed by atoms with Gasteiger partial charge < -0.3 is 14.8 Å². The number of rotatable bonds is 20. The van der Waals surface area contributed by atoms with Crippen molar-refractivity contribution in [1.82, 2.24) is 0 Å². The summed E-state index contributed by atoms with van der Waals surface area (Å²) in [5, 5.41) is 3.56. The van der Waals surface area contributed by atoms with E-state index in [0.29, 0.717) is 6.54 Å². The van der Waals surface area contributed by atoms with Gasteiger partial charge in [-0.05, 0) is 36.6 Å². The molecule has 0 saturated heterocycles. The summed E-state index contributed by atoms with van der Waals surface area (Å²) in [7, 11) is -4.49. The van der Waals surface area contributed by atoms with E-state index in [2.05, 4.69) is 29.3 Å². The maximum Gasteiger partial charge on any atom is 1.00 e. The first kappa shape index (κ1) is 34.8. The minimum atomic E-state index is -4.49. The zero-order valence-corrected chi connectivity index (χ0v) is 28.4. The average Bonchev–Trinajstić information content (AvgIpc) is 3.25. The molecule has 0 aliphatic carbocycles. The number of nitrogens with one attached hydrogen (secondary N) is 1. The van der Waals surface area contributed by atoms with E-state index in [4.69, 9.17) is 0 Å². The topological polar surface area (TPSA) is 72.5 Å². The van der Waals surface area contributed by atoms with E-state index in [9.17, 15) is 13.0 Å². The third-order valence-corrected chi connectivity index (χ3v) is 8.62. The number of benzene rings is 2. The Kier molecular flexibility index (Phi) is 17.5. The Bertz CT molecular complexity index is 1030. The first-order chi connectivity index (χ1) is 18.5. The van der Waals surface area contributed by atoms with E-state index in [1.165, 1.54) is 108 Å². The van der Waals surface area contributed by atoms with Crippen molar-refractivity contribution >= 4 is 21.5 Å². The van der Waals surface area contributed by atoms with E-state index in [-0.39, 0.29) is 62.4 Å². The molecule has 0 bridgehead atoms.